The minimum Gasteiger partial charge on any atom is -0.334 e. The number of amides is 4. The fourth-order valence-corrected chi connectivity index (χ4v) is 9.02. The average Bonchev–Trinajstić information content (AvgIpc) is 3.77. The minimum atomic E-state index is -0.738. The van der Waals surface area contributed by atoms with Gasteiger partial charge in [0.2, 0.25) is 5.91 Å². The van der Waals surface area contributed by atoms with Crippen molar-refractivity contribution in [1.29, 1.82) is 0 Å². The molecule has 0 N–H and O–H groups in total. The Hall–Kier alpha value is -6.28. The predicted molar refractivity (Wildman–Crippen MR) is 211 cm³/mol. The van der Waals surface area contributed by atoms with E-state index in [4.69, 9.17) is 0 Å². The van der Waals surface area contributed by atoms with E-state index in [0.29, 0.717) is 39.4 Å². The second kappa shape index (κ2) is 11.6. The SMILES string of the molecule is CN1C(=O)C2=C(c3cccc4ccccc34)N(C)C(=O)C2=C1c1cc(C2C3C(=O)N(C)C(c4cccc5ccccc45)=C3C(=O)N2C)cc(C(C)(C)C)c1. The van der Waals surface area contributed by atoms with Gasteiger partial charge in [0.15, 0.2) is 0 Å². The molecule has 0 aliphatic carbocycles. The number of nitrogens with zero attached hydrogens (tertiary/aromatic N) is 4. The summed E-state index contributed by atoms with van der Waals surface area (Å²) in [5.41, 5.74) is 6.70. The lowest BCUT2D eigenvalue weighted by atomic mass is 9.81. The van der Waals surface area contributed by atoms with Crippen molar-refractivity contribution in [2.24, 2.45) is 5.92 Å². The number of hydrogen-bond acceptors (Lipinski definition) is 4. The molecule has 5 aromatic rings. The molecule has 2 atom stereocenters. The first-order chi connectivity index (χ1) is 25.8. The highest BCUT2D eigenvalue weighted by atomic mass is 16.2. The van der Waals surface area contributed by atoms with Crippen LogP contribution in [-0.2, 0) is 24.6 Å². The molecule has 1 fully saturated rings. The molecule has 0 bridgehead atoms. The molecular formula is C46H40N4O4. The molecule has 0 radical (unpaired) electrons. The molecule has 2 unspecified atom stereocenters. The Morgan fingerprint density at radius 2 is 1.06 bits per heavy atom. The Kier molecular flexibility index (Phi) is 7.21. The molecule has 4 aliphatic rings. The summed E-state index contributed by atoms with van der Waals surface area (Å²) < 4.78 is 0. The molecule has 1 saturated heterocycles. The quantitative estimate of drug-likeness (QED) is 0.195. The van der Waals surface area contributed by atoms with Crippen molar-refractivity contribution in [3.63, 3.8) is 0 Å². The van der Waals surface area contributed by atoms with Crippen molar-refractivity contribution in [3.8, 4) is 0 Å². The zero-order valence-electron chi connectivity index (χ0n) is 31.4. The van der Waals surface area contributed by atoms with Crippen LogP contribution in [0.15, 0.2) is 120 Å². The molecule has 9 rings (SSSR count). The number of hydrogen-bond donors (Lipinski definition) is 0. The average molecular weight is 713 g/mol. The van der Waals surface area contributed by atoms with Crippen LogP contribution in [-0.4, -0.2) is 71.4 Å². The van der Waals surface area contributed by atoms with Crippen LogP contribution in [0.25, 0.3) is 38.6 Å². The smallest absolute Gasteiger partial charge is 0.261 e. The van der Waals surface area contributed by atoms with Crippen molar-refractivity contribution in [2.45, 2.75) is 32.2 Å². The maximum Gasteiger partial charge on any atom is 0.261 e. The second-order valence-electron chi connectivity index (χ2n) is 15.8. The highest BCUT2D eigenvalue weighted by molar-refractivity contribution is 6.31. The van der Waals surface area contributed by atoms with Gasteiger partial charge in [-0.15, -0.1) is 0 Å². The van der Waals surface area contributed by atoms with E-state index in [0.717, 1.165) is 43.8 Å². The number of benzene rings is 5. The number of likely N-dealkylation sites (tertiary alicyclic amines) is 1. The van der Waals surface area contributed by atoms with Gasteiger partial charge in [0.1, 0.15) is 0 Å². The van der Waals surface area contributed by atoms with Gasteiger partial charge in [-0.1, -0.05) is 112 Å². The monoisotopic (exact) mass is 712 g/mol. The van der Waals surface area contributed by atoms with Crippen LogP contribution in [0.3, 0.4) is 0 Å². The molecule has 4 aliphatic heterocycles. The van der Waals surface area contributed by atoms with E-state index >= 15 is 0 Å². The Balaban J connectivity index is 1.25. The van der Waals surface area contributed by atoms with Crippen molar-refractivity contribution >= 4 is 62.3 Å². The van der Waals surface area contributed by atoms with Gasteiger partial charge in [-0.2, -0.15) is 0 Å². The van der Waals surface area contributed by atoms with E-state index in [2.05, 4.69) is 26.8 Å². The number of rotatable bonds is 4. The van der Waals surface area contributed by atoms with Gasteiger partial charge >= 0.3 is 0 Å². The summed E-state index contributed by atoms with van der Waals surface area (Å²) in [4.78, 5) is 63.9. The number of fused-ring (bicyclic) bond motifs is 4. The van der Waals surface area contributed by atoms with Crippen molar-refractivity contribution in [1.82, 2.24) is 19.6 Å². The van der Waals surface area contributed by atoms with Gasteiger partial charge in [0, 0.05) is 39.3 Å². The fraction of sp³-hybridized carbons (Fsp3) is 0.217. The van der Waals surface area contributed by atoms with Crippen molar-refractivity contribution < 1.29 is 19.2 Å². The predicted octanol–water partition coefficient (Wildman–Crippen LogP) is 7.37. The Morgan fingerprint density at radius 3 is 1.65 bits per heavy atom. The number of likely N-dealkylation sites (N-methyl/N-ethyl adjacent to an activating group) is 3. The van der Waals surface area contributed by atoms with Crippen LogP contribution in [0.5, 0.6) is 0 Å². The molecule has 268 valence electrons. The van der Waals surface area contributed by atoms with Gasteiger partial charge in [-0.3, -0.25) is 19.2 Å². The summed E-state index contributed by atoms with van der Waals surface area (Å²) >= 11 is 0. The normalized spacial score (nSPS) is 20.3. The standard InChI is InChI=1S/C46H40N4O4/c1-46(2,3)29-23-27(38-34-36(44(53)47(38)4)40(49(6)42(34)51)32-20-12-16-25-14-8-10-18-30(25)32)22-28(24-29)39-35-37(45(54)48(39)5)41(50(7)43(35)52)33-21-13-17-26-15-9-11-19-31(26)33/h8-24,34,38H,1-7H3. The summed E-state index contributed by atoms with van der Waals surface area (Å²) in [6, 6.07) is 33.3. The van der Waals surface area contributed by atoms with Gasteiger partial charge < -0.3 is 19.6 Å². The molecule has 0 saturated carbocycles. The van der Waals surface area contributed by atoms with Crippen LogP contribution >= 0.6 is 0 Å². The van der Waals surface area contributed by atoms with Crippen LogP contribution in [0.1, 0.15) is 54.6 Å². The van der Waals surface area contributed by atoms with Gasteiger partial charge in [-0.05, 0) is 55.8 Å². The Labute approximate surface area is 314 Å². The lowest BCUT2D eigenvalue weighted by molar-refractivity contribution is -0.130. The van der Waals surface area contributed by atoms with Crippen LogP contribution < -0.4 is 0 Å². The third-order valence-corrected chi connectivity index (χ3v) is 11.7. The molecule has 4 heterocycles. The highest BCUT2D eigenvalue weighted by Gasteiger charge is 2.55. The molecule has 0 spiro atoms. The summed E-state index contributed by atoms with van der Waals surface area (Å²) in [6.07, 6.45) is 0. The van der Waals surface area contributed by atoms with Crippen LogP contribution in [0.2, 0.25) is 0 Å². The first-order valence-corrected chi connectivity index (χ1v) is 18.3. The maximum absolute atomic E-state index is 14.4. The second-order valence-corrected chi connectivity index (χ2v) is 15.8. The molecule has 54 heavy (non-hydrogen) atoms. The summed E-state index contributed by atoms with van der Waals surface area (Å²) in [5, 5.41) is 3.97. The zero-order chi connectivity index (χ0) is 38.0. The van der Waals surface area contributed by atoms with E-state index < -0.39 is 12.0 Å². The highest BCUT2D eigenvalue weighted by Crippen LogP contribution is 2.52. The van der Waals surface area contributed by atoms with Crippen LogP contribution in [0.4, 0.5) is 0 Å². The van der Waals surface area contributed by atoms with Gasteiger partial charge in [0.25, 0.3) is 17.7 Å². The minimum absolute atomic E-state index is 0.147. The lowest BCUT2D eigenvalue weighted by Crippen LogP contribution is -2.33. The van der Waals surface area contributed by atoms with E-state index in [1.165, 1.54) is 0 Å². The third kappa shape index (κ3) is 4.55. The number of carbonyl (C=O) groups excluding carboxylic acids is 4. The molecular weight excluding hydrogens is 673 g/mol. The topological polar surface area (TPSA) is 81.2 Å². The van der Waals surface area contributed by atoms with E-state index in [1.54, 1.807) is 47.8 Å². The van der Waals surface area contributed by atoms with Crippen molar-refractivity contribution in [3.05, 3.63) is 148 Å². The summed E-state index contributed by atoms with van der Waals surface area (Å²) in [6.45, 7) is 6.33. The molecule has 4 amide bonds. The van der Waals surface area contributed by atoms with E-state index in [1.807, 2.05) is 97.1 Å². The maximum atomic E-state index is 14.4. The third-order valence-electron chi connectivity index (χ3n) is 11.7. The Bertz CT molecular complexity index is 2650. The molecule has 5 aromatic carbocycles. The van der Waals surface area contributed by atoms with E-state index in [-0.39, 0.29) is 29.0 Å². The largest absolute Gasteiger partial charge is 0.334 e. The molecule has 8 heteroatoms. The summed E-state index contributed by atoms with van der Waals surface area (Å²) in [5.74, 6) is -1.59. The van der Waals surface area contributed by atoms with Crippen LogP contribution in [0, 0.1) is 5.92 Å². The fourth-order valence-electron chi connectivity index (χ4n) is 9.02. The van der Waals surface area contributed by atoms with Gasteiger partial charge in [0.05, 0.1) is 45.8 Å². The number of carbonyl (C=O) groups is 4. The first kappa shape index (κ1) is 33.5. The van der Waals surface area contributed by atoms with E-state index in [9.17, 15) is 19.2 Å². The molecule has 0 aromatic heterocycles. The molecule has 8 nitrogen and oxygen atoms in total. The Morgan fingerprint density at radius 1 is 0.537 bits per heavy atom. The van der Waals surface area contributed by atoms with Gasteiger partial charge in [-0.25, -0.2) is 0 Å². The first-order valence-electron chi connectivity index (χ1n) is 18.3. The zero-order valence-corrected chi connectivity index (χ0v) is 31.4. The van der Waals surface area contributed by atoms with Crippen molar-refractivity contribution in [2.75, 3.05) is 28.2 Å². The lowest BCUT2D eigenvalue weighted by Gasteiger charge is -2.29. The summed E-state index contributed by atoms with van der Waals surface area (Å²) in [7, 11) is 6.95.